The van der Waals surface area contributed by atoms with Crippen LogP contribution in [-0.2, 0) is 13.1 Å². The summed E-state index contributed by atoms with van der Waals surface area (Å²) in [7, 11) is 1.62. The Labute approximate surface area is 161 Å². The number of hydrogen-bond donors (Lipinski definition) is 1. The molecule has 3 heterocycles. The molecule has 0 unspecified atom stereocenters. The summed E-state index contributed by atoms with van der Waals surface area (Å²) >= 11 is 0. The summed E-state index contributed by atoms with van der Waals surface area (Å²) in [6, 6.07) is 5.72. The van der Waals surface area contributed by atoms with Gasteiger partial charge < -0.3 is 14.9 Å². The molecule has 1 saturated carbocycles. The van der Waals surface area contributed by atoms with E-state index in [1.807, 2.05) is 18.2 Å². The number of para-hydroxylation sites is 1. The van der Waals surface area contributed by atoms with Crippen molar-refractivity contribution >= 4 is 22.5 Å². The number of nitrogen functional groups attached to an aromatic ring is 1. The van der Waals surface area contributed by atoms with Crippen molar-refractivity contribution < 1.29 is 9.15 Å². The number of rotatable bonds is 7. The molecule has 0 spiro atoms. The van der Waals surface area contributed by atoms with Crippen LogP contribution < -0.4 is 10.5 Å². The van der Waals surface area contributed by atoms with E-state index in [-0.39, 0.29) is 5.95 Å². The van der Waals surface area contributed by atoms with Crippen LogP contribution in [0, 0.1) is 5.92 Å². The average molecular weight is 379 g/mol. The van der Waals surface area contributed by atoms with E-state index < -0.39 is 0 Å². The molecule has 0 amide bonds. The van der Waals surface area contributed by atoms with Crippen molar-refractivity contribution in [2.24, 2.45) is 5.92 Å². The molecule has 0 atom stereocenters. The second-order valence-electron chi connectivity index (χ2n) is 7.13. The minimum atomic E-state index is 0.284. The molecule has 1 aliphatic rings. The topological polar surface area (TPSA) is 108 Å². The number of fused-ring (bicyclic) bond motifs is 3. The van der Waals surface area contributed by atoms with E-state index in [0.717, 1.165) is 17.8 Å². The van der Waals surface area contributed by atoms with Crippen molar-refractivity contribution in [3.8, 4) is 5.75 Å². The first-order valence-electron chi connectivity index (χ1n) is 9.30. The highest BCUT2D eigenvalue weighted by Crippen LogP contribution is 2.31. The van der Waals surface area contributed by atoms with Crippen molar-refractivity contribution in [3.05, 3.63) is 42.4 Å². The lowest BCUT2D eigenvalue weighted by Gasteiger charge is -2.18. The Morgan fingerprint density at radius 3 is 2.93 bits per heavy atom. The van der Waals surface area contributed by atoms with Gasteiger partial charge in [0.1, 0.15) is 17.5 Å². The van der Waals surface area contributed by atoms with Crippen LogP contribution in [0.1, 0.15) is 24.6 Å². The normalized spacial score (nSPS) is 14.4. The zero-order valence-electron chi connectivity index (χ0n) is 15.6. The summed E-state index contributed by atoms with van der Waals surface area (Å²) in [5.41, 5.74) is 7.51. The summed E-state index contributed by atoms with van der Waals surface area (Å²) < 4.78 is 12.4. The molecule has 9 heteroatoms. The Balaban J connectivity index is 1.51. The zero-order chi connectivity index (χ0) is 19.1. The van der Waals surface area contributed by atoms with Crippen LogP contribution in [0.3, 0.4) is 0 Å². The van der Waals surface area contributed by atoms with E-state index in [2.05, 4.69) is 20.0 Å². The Morgan fingerprint density at radius 1 is 1.29 bits per heavy atom. The molecular weight excluding hydrogens is 358 g/mol. The number of hydrogen-bond acceptors (Lipinski definition) is 8. The molecule has 5 rings (SSSR count). The second kappa shape index (κ2) is 6.75. The molecule has 3 aromatic heterocycles. The summed E-state index contributed by atoms with van der Waals surface area (Å²) in [6.07, 6.45) is 5.79. The predicted molar refractivity (Wildman–Crippen MR) is 103 cm³/mol. The monoisotopic (exact) mass is 379 g/mol. The van der Waals surface area contributed by atoms with Gasteiger partial charge in [-0.25, -0.2) is 15.0 Å². The lowest BCUT2D eigenvalue weighted by molar-refractivity contribution is 0.216. The molecular formula is C19H21N7O2. The molecule has 0 radical (unpaired) electrons. The maximum Gasteiger partial charge on any atom is 0.223 e. The van der Waals surface area contributed by atoms with Crippen molar-refractivity contribution in [2.75, 3.05) is 19.4 Å². The molecule has 2 N–H and O–H groups in total. The van der Waals surface area contributed by atoms with Crippen LogP contribution in [0.15, 0.2) is 35.1 Å². The standard InChI is InChI=1S/C19H21N7O2/c1-27-14-4-2-3-13-17(14)23-19(20)26-18(13)22-15(24-26)10-25(9-12-5-6-12)11-16-21-7-8-28-16/h2-4,7-8,12H,5-6,9-11H2,1H3,(H2,20,23). The first-order valence-corrected chi connectivity index (χ1v) is 9.30. The quantitative estimate of drug-likeness (QED) is 0.521. The minimum absolute atomic E-state index is 0.284. The largest absolute Gasteiger partial charge is 0.494 e. The number of anilines is 1. The highest BCUT2D eigenvalue weighted by Gasteiger charge is 2.26. The van der Waals surface area contributed by atoms with Crippen molar-refractivity contribution in [2.45, 2.75) is 25.9 Å². The van der Waals surface area contributed by atoms with Gasteiger partial charge in [-0.3, -0.25) is 4.90 Å². The number of ether oxygens (including phenoxy) is 1. The van der Waals surface area contributed by atoms with Gasteiger partial charge in [0, 0.05) is 11.9 Å². The fourth-order valence-corrected chi connectivity index (χ4v) is 3.47. The summed E-state index contributed by atoms with van der Waals surface area (Å²) in [5.74, 6) is 3.06. The maximum atomic E-state index is 6.15. The van der Waals surface area contributed by atoms with Crippen molar-refractivity contribution in [3.63, 3.8) is 0 Å². The third-order valence-corrected chi connectivity index (χ3v) is 4.97. The first-order chi connectivity index (χ1) is 13.7. The van der Waals surface area contributed by atoms with E-state index >= 15 is 0 Å². The smallest absolute Gasteiger partial charge is 0.223 e. The lowest BCUT2D eigenvalue weighted by Crippen LogP contribution is -2.26. The van der Waals surface area contributed by atoms with Gasteiger partial charge in [-0.05, 0) is 30.9 Å². The van der Waals surface area contributed by atoms with Crippen LogP contribution >= 0.6 is 0 Å². The number of benzene rings is 1. The van der Waals surface area contributed by atoms with Gasteiger partial charge in [0.2, 0.25) is 11.8 Å². The number of aromatic nitrogens is 5. The minimum Gasteiger partial charge on any atom is -0.494 e. The van der Waals surface area contributed by atoms with Crippen LogP contribution in [0.25, 0.3) is 16.6 Å². The SMILES string of the molecule is COc1cccc2c1nc(N)n1nc(CN(Cc3ncco3)CC3CC3)nc21. The molecule has 144 valence electrons. The van der Waals surface area contributed by atoms with Gasteiger partial charge in [0.25, 0.3) is 0 Å². The maximum absolute atomic E-state index is 6.15. The molecule has 1 aliphatic carbocycles. The van der Waals surface area contributed by atoms with Crippen molar-refractivity contribution in [1.82, 2.24) is 29.5 Å². The summed E-state index contributed by atoms with van der Waals surface area (Å²) in [5, 5.41) is 5.45. The van der Waals surface area contributed by atoms with Crippen LogP contribution in [-0.4, -0.2) is 43.1 Å². The highest BCUT2D eigenvalue weighted by molar-refractivity contribution is 5.95. The van der Waals surface area contributed by atoms with Gasteiger partial charge in [-0.15, -0.1) is 5.10 Å². The molecule has 0 saturated heterocycles. The highest BCUT2D eigenvalue weighted by atomic mass is 16.5. The Hall–Kier alpha value is -3.20. The first kappa shape index (κ1) is 16.9. The molecule has 1 fully saturated rings. The third-order valence-electron chi connectivity index (χ3n) is 4.97. The van der Waals surface area contributed by atoms with Gasteiger partial charge >= 0.3 is 0 Å². The molecule has 9 nitrogen and oxygen atoms in total. The van der Waals surface area contributed by atoms with Crippen molar-refractivity contribution in [1.29, 1.82) is 0 Å². The Kier molecular flexibility index (Phi) is 4.09. The van der Waals surface area contributed by atoms with Gasteiger partial charge in [-0.1, -0.05) is 6.07 Å². The molecule has 0 bridgehead atoms. The van der Waals surface area contributed by atoms with Gasteiger partial charge in [0.15, 0.2) is 11.5 Å². The van der Waals surface area contributed by atoms with E-state index in [0.29, 0.717) is 41.7 Å². The zero-order valence-corrected chi connectivity index (χ0v) is 15.6. The van der Waals surface area contributed by atoms with Gasteiger partial charge in [-0.2, -0.15) is 4.52 Å². The fraction of sp³-hybridized carbons (Fsp3) is 0.368. The number of oxazole rings is 1. The average Bonchev–Trinajstić information content (AvgIpc) is 3.16. The predicted octanol–water partition coefficient (Wildman–Crippen LogP) is 2.27. The molecule has 28 heavy (non-hydrogen) atoms. The summed E-state index contributed by atoms with van der Waals surface area (Å²) in [4.78, 5) is 15.7. The van der Waals surface area contributed by atoms with Gasteiger partial charge in [0.05, 0.1) is 26.4 Å². The summed E-state index contributed by atoms with van der Waals surface area (Å²) in [6.45, 7) is 2.19. The number of methoxy groups -OCH3 is 1. The number of nitrogens with two attached hydrogens (primary N) is 1. The molecule has 0 aliphatic heterocycles. The molecule has 1 aromatic carbocycles. The van der Waals surface area contributed by atoms with E-state index in [9.17, 15) is 0 Å². The third kappa shape index (κ3) is 3.13. The van der Waals surface area contributed by atoms with E-state index in [1.54, 1.807) is 24.1 Å². The molecule has 4 aromatic rings. The Bertz CT molecular complexity index is 1120. The second-order valence-corrected chi connectivity index (χ2v) is 7.13. The van der Waals surface area contributed by atoms with E-state index in [1.165, 1.54) is 12.8 Å². The number of nitrogens with zero attached hydrogens (tertiary/aromatic N) is 6. The van der Waals surface area contributed by atoms with Crippen LogP contribution in [0.2, 0.25) is 0 Å². The van der Waals surface area contributed by atoms with Crippen LogP contribution in [0.5, 0.6) is 5.75 Å². The van der Waals surface area contributed by atoms with Crippen LogP contribution in [0.4, 0.5) is 5.95 Å². The Morgan fingerprint density at radius 2 is 2.18 bits per heavy atom. The fourth-order valence-electron chi connectivity index (χ4n) is 3.47. The van der Waals surface area contributed by atoms with E-state index in [4.69, 9.17) is 19.9 Å². The lowest BCUT2D eigenvalue weighted by atomic mass is 10.2.